The van der Waals surface area contributed by atoms with Gasteiger partial charge in [0, 0.05) is 10.5 Å². The zero-order valence-electron chi connectivity index (χ0n) is 10.1. The van der Waals surface area contributed by atoms with Gasteiger partial charge in [-0.15, -0.1) is 0 Å². The monoisotopic (exact) mass is 289 g/mol. The second-order valence-corrected chi connectivity index (χ2v) is 5.19. The summed E-state index contributed by atoms with van der Waals surface area (Å²) in [4.78, 5) is 0. The summed E-state index contributed by atoms with van der Waals surface area (Å²) < 4.78 is 1.07. The maximum Gasteiger partial charge on any atom is 0.0277 e. The Labute approximate surface area is 111 Å². The van der Waals surface area contributed by atoms with Crippen LogP contribution in [0.4, 0.5) is 0 Å². The number of rotatable bonds is 2. The Bertz CT molecular complexity index is 532. The van der Waals surface area contributed by atoms with Crippen LogP contribution in [0.3, 0.4) is 0 Å². The molecule has 0 spiro atoms. The molecular weight excluding hydrogens is 274 g/mol. The molecule has 0 bridgehead atoms. The van der Waals surface area contributed by atoms with E-state index in [-0.39, 0.29) is 6.04 Å². The first-order valence-corrected chi connectivity index (χ1v) is 6.50. The zero-order valence-corrected chi connectivity index (χ0v) is 11.7. The van der Waals surface area contributed by atoms with E-state index in [1.807, 2.05) is 6.92 Å². The molecule has 0 radical (unpaired) electrons. The third-order valence-electron chi connectivity index (χ3n) is 2.94. The molecule has 0 saturated heterocycles. The molecule has 2 aromatic carbocycles. The molecule has 0 aliphatic carbocycles. The summed E-state index contributed by atoms with van der Waals surface area (Å²) in [5.74, 6) is 0. The molecule has 0 saturated carbocycles. The number of benzene rings is 2. The minimum absolute atomic E-state index is 0.0355. The van der Waals surface area contributed by atoms with Crippen LogP contribution in [0.1, 0.15) is 24.1 Å². The molecule has 0 fully saturated rings. The molecular formula is C15H16BrN. The fourth-order valence-electron chi connectivity index (χ4n) is 1.96. The van der Waals surface area contributed by atoms with Crippen LogP contribution in [-0.4, -0.2) is 0 Å². The maximum absolute atomic E-state index is 5.97. The van der Waals surface area contributed by atoms with E-state index in [9.17, 15) is 0 Å². The van der Waals surface area contributed by atoms with Crippen molar-refractivity contribution in [2.24, 2.45) is 5.73 Å². The number of hydrogen-bond acceptors (Lipinski definition) is 1. The Morgan fingerprint density at radius 2 is 1.82 bits per heavy atom. The minimum atomic E-state index is 0.0355. The SMILES string of the molecule is Cc1ccccc1-c1ccc(Br)c(C(C)N)c1. The van der Waals surface area contributed by atoms with Crippen molar-refractivity contribution >= 4 is 15.9 Å². The van der Waals surface area contributed by atoms with Crippen molar-refractivity contribution < 1.29 is 0 Å². The van der Waals surface area contributed by atoms with Crippen LogP contribution in [0.5, 0.6) is 0 Å². The van der Waals surface area contributed by atoms with E-state index in [1.54, 1.807) is 0 Å². The smallest absolute Gasteiger partial charge is 0.0277 e. The van der Waals surface area contributed by atoms with Crippen molar-refractivity contribution in [1.82, 2.24) is 0 Å². The van der Waals surface area contributed by atoms with Gasteiger partial charge < -0.3 is 5.73 Å². The summed E-state index contributed by atoms with van der Waals surface area (Å²) in [7, 11) is 0. The van der Waals surface area contributed by atoms with E-state index in [0.717, 1.165) is 10.0 Å². The van der Waals surface area contributed by atoms with E-state index >= 15 is 0 Å². The zero-order chi connectivity index (χ0) is 12.4. The Morgan fingerprint density at radius 1 is 1.12 bits per heavy atom. The Kier molecular flexibility index (Phi) is 3.65. The molecule has 0 aromatic heterocycles. The highest BCUT2D eigenvalue weighted by Crippen LogP contribution is 2.29. The maximum atomic E-state index is 5.97. The number of hydrogen-bond donors (Lipinski definition) is 1. The Balaban J connectivity index is 2.54. The van der Waals surface area contributed by atoms with Gasteiger partial charge in [-0.3, -0.25) is 0 Å². The molecule has 88 valence electrons. The molecule has 1 nitrogen and oxygen atoms in total. The molecule has 0 amide bonds. The van der Waals surface area contributed by atoms with Gasteiger partial charge in [0.05, 0.1) is 0 Å². The van der Waals surface area contributed by atoms with Crippen LogP contribution >= 0.6 is 15.9 Å². The first-order valence-electron chi connectivity index (χ1n) is 5.70. The molecule has 2 heteroatoms. The molecule has 2 rings (SSSR count). The van der Waals surface area contributed by atoms with Crippen molar-refractivity contribution in [2.75, 3.05) is 0 Å². The third-order valence-corrected chi connectivity index (χ3v) is 3.66. The van der Waals surface area contributed by atoms with Gasteiger partial charge in [0.25, 0.3) is 0 Å². The number of nitrogens with two attached hydrogens (primary N) is 1. The summed E-state index contributed by atoms with van der Waals surface area (Å²) >= 11 is 3.54. The molecule has 0 heterocycles. The van der Waals surface area contributed by atoms with Gasteiger partial charge in [-0.2, -0.15) is 0 Å². The van der Waals surface area contributed by atoms with Crippen molar-refractivity contribution in [3.63, 3.8) is 0 Å². The molecule has 0 aliphatic heterocycles. The lowest BCUT2D eigenvalue weighted by Crippen LogP contribution is -2.05. The lowest BCUT2D eigenvalue weighted by molar-refractivity contribution is 0.813. The van der Waals surface area contributed by atoms with Gasteiger partial charge in [-0.05, 0) is 48.2 Å². The summed E-state index contributed by atoms with van der Waals surface area (Å²) in [6, 6.07) is 14.8. The third kappa shape index (κ3) is 2.59. The summed E-state index contributed by atoms with van der Waals surface area (Å²) in [6.45, 7) is 4.13. The summed E-state index contributed by atoms with van der Waals surface area (Å²) in [5, 5.41) is 0. The van der Waals surface area contributed by atoms with E-state index in [1.165, 1.54) is 16.7 Å². The van der Waals surface area contributed by atoms with Crippen molar-refractivity contribution in [1.29, 1.82) is 0 Å². The standard InChI is InChI=1S/C15H16BrN/c1-10-5-3-4-6-13(10)12-7-8-15(16)14(9-12)11(2)17/h3-9,11H,17H2,1-2H3. The van der Waals surface area contributed by atoms with Crippen LogP contribution in [-0.2, 0) is 0 Å². The van der Waals surface area contributed by atoms with Gasteiger partial charge in [0.1, 0.15) is 0 Å². The molecule has 1 unspecified atom stereocenters. The molecule has 2 N–H and O–H groups in total. The van der Waals surface area contributed by atoms with Gasteiger partial charge in [0.2, 0.25) is 0 Å². The lowest BCUT2D eigenvalue weighted by atomic mass is 9.97. The summed E-state index contributed by atoms with van der Waals surface area (Å²) in [5.41, 5.74) is 10.9. The van der Waals surface area contributed by atoms with Crippen LogP contribution in [0, 0.1) is 6.92 Å². The van der Waals surface area contributed by atoms with Crippen molar-refractivity contribution in [3.05, 3.63) is 58.1 Å². The minimum Gasteiger partial charge on any atom is -0.324 e. The fourth-order valence-corrected chi connectivity index (χ4v) is 2.56. The second kappa shape index (κ2) is 5.03. The molecule has 0 aliphatic rings. The fraction of sp³-hybridized carbons (Fsp3) is 0.200. The van der Waals surface area contributed by atoms with Gasteiger partial charge >= 0.3 is 0 Å². The van der Waals surface area contributed by atoms with E-state index in [0.29, 0.717) is 0 Å². The number of aryl methyl sites for hydroxylation is 1. The first-order chi connectivity index (χ1) is 8.09. The molecule has 1 atom stereocenters. The van der Waals surface area contributed by atoms with Gasteiger partial charge in [-0.1, -0.05) is 46.3 Å². The largest absolute Gasteiger partial charge is 0.324 e. The van der Waals surface area contributed by atoms with Crippen molar-refractivity contribution in [2.45, 2.75) is 19.9 Å². The normalized spacial score (nSPS) is 12.5. The van der Waals surface area contributed by atoms with Crippen LogP contribution in [0.25, 0.3) is 11.1 Å². The summed E-state index contributed by atoms with van der Waals surface area (Å²) in [6.07, 6.45) is 0. The van der Waals surface area contributed by atoms with Crippen LogP contribution < -0.4 is 5.73 Å². The second-order valence-electron chi connectivity index (χ2n) is 4.34. The Hall–Kier alpha value is -1.12. The quantitative estimate of drug-likeness (QED) is 0.869. The van der Waals surface area contributed by atoms with E-state index in [4.69, 9.17) is 5.73 Å². The molecule has 17 heavy (non-hydrogen) atoms. The highest BCUT2D eigenvalue weighted by molar-refractivity contribution is 9.10. The average molecular weight is 290 g/mol. The highest BCUT2D eigenvalue weighted by Gasteiger charge is 2.08. The predicted molar refractivity (Wildman–Crippen MR) is 76.9 cm³/mol. The Morgan fingerprint density at radius 3 is 2.47 bits per heavy atom. The van der Waals surface area contributed by atoms with Gasteiger partial charge in [0.15, 0.2) is 0 Å². The van der Waals surface area contributed by atoms with Crippen LogP contribution in [0.15, 0.2) is 46.9 Å². The number of halogens is 1. The molecule has 2 aromatic rings. The predicted octanol–water partition coefficient (Wildman–Crippen LogP) is 4.44. The lowest BCUT2D eigenvalue weighted by Gasteiger charge is -2.12. The van der Waals surface area contributed by atoms with E-state index < -0.39 is 0 Å². The topological polar surface area (TPSA) is 26.0 Å². The average Bonchev–Trinajstić information content (AvgIpc) is 2.30. The first kappa shape index (κ1) is 12.3. The highest BCUT2D eigenvalue weighted by atomic mass is 79.9. The van der Waals surface area contributed by atoms with Gasteiger partial charge in [-0.25, -0.2) is 0 Å². The van der Waals surface area contributed by atoms with Crippen molar-refractivity contribution in [3.8, 4) is 11.1 Å². The van der Waals surface area contributed by atoms with E-state index in [2.05, 4.69) is 65.3 Å². The van der Waals surface area contributed by atoms with Crippen LogP contribution in [0.2, 0.25) is 0 Å².